The Morgan fingerprint density at radius 2 is 2.13 bits per heavy atom. The van der Waals surface area contributed by atoms with Gasteiger partial charge in [0.1, 0.15) is 11.6 Å². The standard InChI is InChI=1S/C16H20N4O3/c1-3-23-16(22)20(9-8-17)11-13(10-18)15(21)19-14-7-5-4-6-12(14)2/h4-7,11H,3,8-9,17H2,1-2H3,(H,19,21)/b13-11-. The molecule has 0 aliphatic heterocycles. The number of amides is 2. The topological polar surface area (TPSA) is 108 Å². The van der Waals surface area contributed by atoms with E-state index in [4.69, 9.17) is 10.5 Å². The molecule has 0 bridgehead atoms. The molecular weight excluding hydrogens is 296 g/mol. The van der Waals surface area contributed by atoms with E-state index in [9.17, 15) is 14.9 Å². The minimum Gasteiger partial charge on any atom is -0.449 e. The fourth-order valence-electron chi connectivity index (χ4n) is 1.75. The lowest BCUT2D eigenvalue weighted by atomic mass is 10.2. The molecule has 3 N–H and O–H groups in total. The van der Waals surface area contributed by atoms with E-state index in [-0.39, 0.29) is 25.3 Å². The maximum atomic E-state index is 12.2. The summed E-state index contributed by atoms with van der Waals surface area (Å²) in [4.78, 5) is 25.1. The minimum absolute atomic E-state index is 0.141. The van der Waals surface area contributed by atoms with Crippen molar-refractivity contribution in [3.05, 3.63) is 41.6 Å². The lowest BCUT2D eigenvalue weighted by molar-refractivity contribution is -0.112. The third-order valence-corrected chi connectivity index (χ3v) is 2.92. The van der Waals surface area contributed by atoms with Gasteiger partial charge in [0.05, 0.1) is 6.61 Å². The number of ether oxygens (including phenoxy) is 1. The van der Waals surface area contributed by atoms with Crippen LogP contribution in [0.25, 0.3) is 0 Å². The van der Waals surface area contributed by atoms with Crippen molar-refractivity contribution >= 4 is 17.7 Å². The molecule has 1 rings (SSSR count). The summed E-state index contributed by atoms with van der Waals surface area (Å²) in [5, 5.41) is 11.8. The number of carbonyl (C=O) groups excluding carboxylic acids is 2. The maximum absolute atomic E-state index is 12.2. The first-order valence-electron chi connectivity index (χ1n) is 7.15. The summed E-state index contributed by atoms with van der Waals surface area (Å²) in [6.45, 7) is 4.00. The normalized spacial score (nSPS) is 10.6. The molecule has 1 aromatic carbocycles. The summed E-state index contributed by atoms with van der Waals surface area (Å²) in [6, 6.07) is 8.97. The highest BCUT2D eigenvalue weighted by Gasteiger charge is 2.17. The van der Waals surface area contributed by atoms with Gasteiger partial charge in [-0.2, -0.15) is 5.26 Å². The first-order valence-corrected chi connectivity index (χ1v) is 7.15. The molecule has 0 aromatic heterocycles. The Bertz CT molecular complexity index is 634. The van der Waals surface area contributed by atoms with Crippen LogP contribution in [0.1, 0.15) is 12.5 Å². The predicted octanol–water partition coefficient (Wildman–Crippen LogP) is 1.76. The average molecular weight is 316 g/mol. The van der Waals surface area contributed by atoms with Crippen LogP contribution < -0.4 is 11.1 Å². The van der Waals surface area contributed by atoms with E-state index in [1.807, 2.05) is 19.1 Å². The highest BCUT2D eigenvalue weighted by Crippen LogP contribution is 2.14. The van der Waals surface area contributed by atoms with Crippen LogP contribution in [0.2, 0.25) is 0 Å². The van der Waals surface area contributed by atoms with Gasteiger partial charge in [0.2, 0.25) is 0 Å². The summed E-state index contributed by atoms with van der Waals surface area (Å²) in [6.07, 6.45) is 0.493. The van der Waals surface area contributed by atoms with Gasteiger partial charge in [-0.3, -0.25) is 9.69 Å². The van der Waals surface area contributed by atoms with Crippen LogP contribution in [0, 0.1) is 18.3 Å². The zero-order chi connectivity index (χ0) is 17.2. The van der Waals surface area contributed by atoms with Crippen molar-refractivity contribution in [2.45, 2.75) is 13.8 Å². The molecule has 7 nitrogen and oxygen atoms in total. The van der Waals surface area contributed by atoms with Gasteiger partial charge in [0, 0.05) is 25.0 Å². The van der Waals surface area contributed by atoms with Crippen LogP contribution in [0.3, 0.4) is 0 Å². The number of carbonyl (C=O) groups is 2. The van der Waals surface area contributed by atoms with Crippen LogP contribution >= 0.6 is 0 Å². The molecule has 0 radical (unpaired) electrons. The first kappa shape index (κ1) is 18.2. The number of benzene rings is 1. The van der Waals surface area contributed by atoms with Gasteiger partial charge in [-0.05, 0) is 25.5 Å². The van der Waals surface area contributed by atoms with Crippen molar-refractivity contribution in [2.75, 3.05) is 25.0 Å². The zero-order valence-electron chi connectivity index (χ0n) is 13.2. The Hall–Kier alpha value is -2.85. The third kappa shape index (κ3) is 5.45. The second-order valence-corrected chi connectivity index (χ2v) is 4.60. The number of nitriles is 1. The van der Waals surface area contributed by atoms with Crippen LogP contribution in [-0.2, 0) is 9.53 Å². The van der Waals surface area contributed by atoms with Gasteiger partial charge in [-0.15, -0.1) is 0 Å². The van der Waals surface area contributed by atoms with E-state index in [1.54, 1.807) is 25.1 Å². The molecule has 0 aliphatic rings. The number of anilines is 1. The maximum Gasteiger partial charge on any atom is 0.413 e. The fraction of sp³-hybridized carbons (Fsp3) is 0.312. The number of aryl methyl sites for hydroxylation is 1. The van der Waals surface area contributed by atoms with Gasteiger partial charge in [-0.1, -0.05) is 18.2 Å². The number of hydrogen-bond donors (Lipinski definition) is 2. The molecule has 0 heterocycles. The van der Waals surface area contributed by atoms with Crippen molar-refractivity contribution in [1.29, 1.82) is 5.26 Å². The van der Waals surface area contributed by atoms with Crippen LogP contribution in [0.15, 0.2) is 36.0 Å². The zero-order valence-corrected chi connectivity index (χ0v) is 13.2. The fourth-order valence-corrected chi connectivity index (χ4v) is 1.75. The third-order valence-electron chi connectivity index (χ3n) is 2.92. The van der Waals surface area contributed by atoms with Crippen molar-refractivity contribution in [1.82, 2.24) is 4.90 Å². The Labute approximate surface area is 135 Å². The monoisotopic (exact) mass is 316 g/mol. The number of nitrogens with two attached hydrogens (primary N) is 1. The number of para-hydroxylation sites is 1. The van der Waals surface area contributed by atoms with Crippen molar-refractivity contribution in [2.24, 2.45) is 5.73 Å². The van der Waals surface area contributed by atoms with E-state index in [0.29, 0.717) is 5.69 Å². The SMILES string of the molecule is CCOC(=O)N(/C=C(/C#N)C(=O)Nc1ccccc1C)CCN. The van der Waals surface area contributed by atoms with Crippen molar-refractivity contribution < 1.29 is 14.3 Å². The van der Waals surface area contributed by atoms with Crippen molar-refractivity contribution in [3.8, 4) is 6.07 Å². The van der Waals surface area contributed by atoms with Gasteiger partial charge >= 0.3 is 6.09 Å². The summed E-state index contributed by atoms with van der Waals surface area (Å²) < 4.78 is 4.86. The lowest BCUT2D eigenvalue weighted by Gasteiger charge is -2.17. The smallest absolute Gasteiger partial charge is 0.413 e. The number of nitrogens with one attached hydrogen (secondary N) is 1. The van der Waals surface area contributed by atoms with E-state index < -0.39 is 12.0 Å². The Kier molecular flexibility index (Phi) is 7.30. The average Bonchev–Trinajstić information content (AvgIpc) is 2.53. The second-order valence-electron chi connectivity index (χ2n) is 4.60. The molecule has 0 fully saturated rings. The quantitative estimate of drug-likeness (QED) is 0.614. The van der Waals surface area contributed by atoms with E-state index in [2.05, 4.69) is 5.32 Å². The summed E-state index contributed by atoms with van der Waals surface area (Å²) >= 11 is 0. The highest BCUT2D eigenvalue weighted by molar-refractivity contribution is 6.07. The van der Waals surface area contributed by atoms with Gasteiger partial charge in [-0.25, -0.2) is 4.79 Å². The van der Waals surface area contributed by atoms with Gasteiger partial charge in [0.25, 0.3) is 5.91 Å². The molecule has 0 spiro atoms. The number of hydrogen-bond acceptors (Lipinski definition) is 5. The summed E-state index contributed by atoms with van der Waals surface area (Å²) in [5.41, 5.74) is 6.69. The molecule has 0 atom stereocenters. The van der Waals surface area contributed by atoms with E-state index in [1.165, 1.54) is 0 Å². The molecule has 23 heavy (non-hydrogen) atoms. The number of rotatable bonds is 6. The highest BCUT2D eigenvalue weighted by atomic mass is 16.6. The van der Waals surface area contributed by atoms with Crippen LogP contribution in [-0.4, -0.2) is 36.6 Å². The Balaban J connectivity index is 2.95. The first-order chi connectivity index (χ1) is 11.0. The molecule has 0 saturated carbocycles. The largest absolute Gasteiger partial charge is 0.449 e. The van der Waals surface area contributed by atoms with E-state index >= 15 is 0 Å². The van der Waals surface area contributed by atoms with Crippen molar-refractivity contribution in [3.63, 3.8) is 0 Å². The number of nitrogens with zero attached hydrogens (tertiary/aromatic N) is 2. The molecule has 1 aromatic rings. The Morgan fingerprint density at radius 1 is 1.43 bits per heavy atom. The van der Waals surface area contributed by atoms with Crippen LogP contribution in [0.4, 0.5) is 10.5 Å². The molecule has 0 unspecified atom stereocenters. The Morgan fingerprint density at radius 3 is 2.70 bits per heavy atom. The lowest BCUT2D eigenvalue weighted by Crippen LogP contribution is -2.32. The molecule has 0 saturated heterocycles. The van der Waals surface area contributed by atoms with Gasteiger partial charge < -0.3 is 15.8 Å². The molecule has 2 amide bonds. The minimum atomic E-state index is -0.658. The molecule has 7 heteroatoms. The summed E-state index contributed by atoms with van der Waals surface area (Å²) in [5.74, 6) is -0.604. The summed E-state index contributed by atoms with van der Waals surface area (Å²) in [7, 11) is 0. The molecular formula is C16H20N4O3. The van der Waals surface area contributed by atoms with E-state index in [0.717, 1.165) is 16.7 Å². The van der Waals surface area contributed by atoms with Gasteiger partial charge in [0.15, 0.2) is 0 Å². The molecule has 122 valence electrons. The second kappa shape index (κ2) is 9.23. The molecule has 0 aliphatic carbocycles. The van der Waals surface area contributed by atoms with Crippen LogP contribution in [0.5, 0.6) is 0 Å². The predicted molar refractivity (Wildman–Crippen MR) is 86.3 cm³/mol.